The Balaban J connectivity index is 1.03. The number of aliphatic imine (C=N–C) groups is 1. The molecule has 1 aliphatic heterocycles. The molecule has 4 heteroatoms. The second-order valence-electron chi connectivity index (χ2n) is 16.2. The van der Waals surface area contributed by atoms with Gasteiger partial charge < -0.3 is 14.2 Å². The summed E-state index contributed by atoms with van der Waals surface area (Å²) < 4.78 is 13.8. The van der Waals surface area contributed by atoms with Crippen molar-refractivity contribution in [2.24, 2.45) is 4.99 Å². The van der Waals surface area contributed by atoms with E-state index in [9.17, 15) is 0 Å². The molecule has 0 fully saturated rings. The Kier molecular flexibility index (Phi) is 9.39. The van der Waals surface area contributed by atoms with Gasteiger partial charge >= 0.3 is 0 Å². The molecule has 61 heavy (non-hydrogen) atoms. The zero-order valence-electron chi connectivity index (χ0n) is 34.1. The molecule has 294 valence electrons. The lowest BCUT2D eigenvalue weighted by Crippen LogP contribution is -2.24. The van der Waals surface area contributed by atoms with E-state index >= 15 is 0 Å². The van der Waals surface area contributed by atoms with Crippen molar-refractivity contribution in [1.82, 2.24) is 5.32 Å². The zero-order valence-corrected chi connectivity index (χ0v) is 34.1. The van der Waals surface area contributed by atoms with E-state index in [2.05, 4.69) is 188 Å². The third kappa shape index (κ3) is 6.90. The van der Waals surface area contributed by atoms with Crippen LogP contribution >= 0.6 is 0 Å². The van der Waals surface area contributed by atoms with Crippen molar-refractivity contribution in [2.45, 2.75) is 38.8 Å². The fraction of sp³-hybridized carbons (Fsp3) is 0.105. The van der Waals surface area contributed by atoms with Crippen LogP contribution in [0.25, 0.3) is 66.3 Å². The summed E-state index contributed by atoms with van der Waals surface area (Å²) in [4.78, 5) is 5.27. The van der Waals surface area contributed by atoms with Crippen LogP contribution in [0.5, 0.6) is 0 Å². The second-order valence-corrected chi connectivity index (χ2v) is 16.2. The molecule has 9 aromatic rings. The minimum absolute atomic E-state index is 0.245. The Morgan fingerprint density at radius 1 is 0.525 bits per heavy atom. The van der Waals surface area contributed by atoms with E-state index in [0.717, 1.165) is 103 Å². The first-order chi connectivity index (χ1) is 30.1. The molecule has 0 spiro atoms. The lowest BCUT2D eigenvalue weighted by Gasteiger charge is -2.25. The first kappa shape index (κ1) is 36.6. The van der Waals surface area contributed by atoms with Gasteiger partial charge in [0, 0.05) is 44.4 Å². The Labute approximate surface area is 355 Å². The highest BCUT2D eigenvalue weighted by molar-refractivity contribution is 6.23. The maximum atomic E-state index is 6.93. The minimum atomic E-state index is -0.245. The van der Waals surface area contributed by atoms with Crippen LogP contribution < -0.4 is 5.32 Å². The summed E-state index contributed by atoms with van der Waals surface area (Å²) in [5, 5.41) is 7.97. The summed E-state index contributed by atoms with van der Waals surface area (Å²) >= 11 is 0. The van der Waals surface area contributed by atoms with E-state index in [-0.39, 0.29) is 6.17 Å². The van der Waals surface area contributed by atoms with Gasteiger partial charge in [-0.25, -0.2) is 0 Å². The van der Waals surface area contributed by atoms with Crippen molar-refractivity contribution in [3.05, 3.63) is 227 Å². The van der Waals surface area contributed by atoms with Crippen LogP contribution in [0.2, 0.25) is 0 Å². The molecule has 1 aliphatic carbocycles. The molecule has 1 atom stereocenters. The van der Waals surface area contributed by atoms with Crippen molar-refractivity contribution >= 4 is 72.0 Å². The van der Waals surface area contributed by atoms with Gasteiger partial charge in [0.05, 0.1) is 5.71 Å². The summed E-state index contributed by atoms with van der Waals surface area (Å²) in [5.74, 6) is 0. The smallest absolute Gasteiger partial charge is 0.145 e. The molecule has 2 aliphatic rings. The Bertz CT molecular complexity index is 3250. The molecule has 0 radical (unpaired) electrons. The van der Waals surface area contributed by atoms with Gasteiger partial charge in [-0.15, -0.1) is 0 Å². The highest BCUT2D eigenvalue weighted by Crippen LogP contribution is 2.42. The van der Waals surface area contributed by atoms with Crippen molar-refractivity contribution < 1.29 is 8.83 Å². The molecular formula is C57H44N2O2. The molecule has 0 unspecified atom stereocenters. The molecule has 7 aromatic carbocycles. The number of allylic oxidation sites excluding steroid dienone is 7. The molecule has 2 aromatic heterocycles. The number of hydrogen-bond acceptors (Lipinski definition) is 4. The van der Waals surface area contributed by atoms with E-state index in [1.807, 2.05) is 12.1 Å². The van der Waals surface area contributed by atoms with Crippen LogP contribution in [-0.2, 0) is 0 Å². The van der Waals surface area contributed by atoms with Gasteiger partial charge in [0.15, 0.2) is 0 Å². The first-order valence-corrected chi connectivity index (χ1v) is 21.3. The Hall–Kier alpha value is -7.43. The van der Waals surface area contributed by atoms with Gasteiger partial charge in [0.25, 0.3) is 0 Å². The van der Waals surface area contributed by atoms with Crippen LogP contribution in [0.4, 0.5) is 0 Å². The summed E-state index contributed by atoms with van der Waals surface area (Å²) in [7, 11) is 0. The molecule has 0 saturated carbocycles. The summed E-state index contributed by atoms with van der Waals surface area (Å²) in [6.45, 7) is 2.31. The fourth-order valence-electron chi connectivity index (χ4n) is 9.25. The van der Waals surface area contributed by atoms with E-state index in [4.69, 9.17) is 13.8 Å². The van der Waals surface area contributed by atoms with E-state index in [1.165, 1.54) is 33.4 Å². The predicted molar refractivity (Wildman–Crippen MR) is 254 cm³/mol. The van der Waals surface area contributed by atoms with Crippen LogP contribution in [-0.4, -0.2) is 5.71 Å². The van der Waals surface area contributed by atoms with Crippen LogP contribution in [0.1, 0.15) is 72.2 Å². The summed E-state index contributed by atoms with van der Waals surface area (Å²) in [6.07, 6.45) is 10.5. The molecule has 3 heterocycles. The van der Waals surface area contributed by atoms with Crippen molar-refractivity contribution in [1.29, 1.82) is 0 Å². The van der Waals surface area contributed by atoms with Crippen LogP contribution in [0.3, 0.4) is 0 Å². The van der Waals surface area contributed by atoms with Crippen molar-refractivity contribution in [3.8, 4) is 0 Å². The molecule has 4 nitrogen and oxygen atoms in total. The largest absolute Gasteiger partial charge is 0.455 e. The Morgan fingerprint density at radius 3 is 1.79 bits per heavy atom. The normalized spacial score (nSPS) is 18.0. The van der Waals surface area contributed by atoms with E-state index in [0.29, 0.717) is 0 Å². The fourth-order valence-corrected chi connectivity index (χ4v) is 9.25. The highest BCUT2D eigenvalue weighted by Gasteiger charge is 2.24. The summed E-state index contributed by atoms with van der Waals surface area (Å²) in [6, 6.07) is 59.9. The van der Waals surface area contributed by atoms with Gasteiger partial charge in [-0.05, 0) is 89.8 Å². The van der Waals surface area contributed by atoms with Gasteiger partial charge in [-0.2, -0.15) is 0 Å². The van der Waals surface area contributed by atoms with E-state index < -0.39 is 0 Å². The standard InChI is InChI=1S/C57H44N2O2/c1-37-31-32-43(33-42(38-17-6-2-7-18-38)25-14-26-44(37)39-19-8-3-9-20-39)45-27-15-28-46-49-34-50-47-29-16-30-48(56(47)61-54(50)36-53(49)60-55(45)46)52-35-51(40-21-10-4-11-22-40)58-57(59-52)41-23-12-5-13-24-41/h2-13,15-25,27-30,33-36,57-58H,14,26,31-32H2,1H3/b42-25+,43-33+,44-37?/t57-/m1/s1. The molecule has 0 bridgehead atoms. The van der Waals surface area contributed by atoms with Gasteiger partial charge in [-0.1, -0.05) is 169 Å². The monoisotopic (exact) mass is 788 g/mol. The van der Waals surface area contributed by atoms with Crippen LogP contribution in [0.15, 0.2) is 207 Å². The second kappa shape index (κ2) is 15.6. The molecule has 1 N–H and O–H groups in total. The van der Waals surface area contributed by atoms with Gasteiger partial charge in [0.2, 0.25) is 0 Å². The third-order valence-corrected chi connectivity index (χ3v) is 12.4. The average Bonchev–Trinajstić information content (AvgIpc) is 3.88. The Morgan fingerprint density at radius 2 is 1.11 bits per heavy atom. The third-order valence-electron chi connectivity index (χ3n) is 12.4. The number of para-hydroxylation sites is 2. The van der Waals surface area contributed by atoms with Crippen LogP contribution in [0, 0.1) is 0 Å². The van der Waals surface area contributed by atoms with Gasteiger partial charge in [0.1, 0.15) is 28.5 Å². The zero-order chi connectivity index (χ0) is 40.7. The molecule has 11 rings (SSSR count). The topological polar surface area (TPSA) is 50.7 Å². The average molecular weight is 789 g/mol. The molecule has 0 saturated heterocycles. The lowest BCUT2D eigenvalue weighted by atomic mass is 9.88. The number of fused-ring (bicyclic) bond motifs is 6. The number of nitrogens with one attached hydrogen (secondary N) is 1. The number of rotatable bonds is 6. The number of nitrogens with zero attached hydrogens (tertiary/aromatic N) is 1. The van der Waals surface area contributed by atoms with Crippen molar-refractivity contribution in [2.75, 3.05) is 0 Å². The van der Waals surface area contributed by atoms with Gasteiger partial charge in [-0.3, -0.25) is 4.99 Å². The number of furan rings is 2. The quantitative estimate of drug-likeness (QED) is 0.183. The van der Waals surface area contributed by atoms with Crippen molar-refractivity contribution in [3.63, 3.8) is 0 Å². The predicted octanol–water partition coefficient (Wildman–Crippen LogP) is 15.1. The molecule has 0 amide bonds. The maximum absolute atomic E-state index is 6.93. The number of benzene rings is 7. The number of hydrogen-bond donors (Lipinski definition) is 1. The SMILES string of the molecule is CC1=C(c2ccccc2)CC/C=C(c2ccccc2)\C=C(\c2cccc3c2oc2cc4oc5c(C6=N[C@H](c7ccccc7)NC(c7ccccc7)=C6)cccc5c4cc23)CC1. The van der Waals surface area contributed by atoms with E-state index in [1.54, 1.807) is 0 Å². The lowest BCUT2D eigenvalue weighted by molar-refractivity contribution is 0.653. The molecular weight excluding hydrogens is 745 g/mol. The maximum Gasteiger partial charge on any atom is 0.145 e. The first-order valence-electron chi connectivity index (χ1n) is 21.3. The summed E-state index contributed by atoms with van der Waals surface area (Å²) in [5.41, 5.74) is 17.5. The minimum Gasteiger partial charge on any atom is -0.455 e. The highest BCUT2D eigenvalue weighted by atomic mass is 16.3.